The van der Waals surface area contributed by atoms with Gasteiger partial charge >= 0.3 is 0 Å². The highest BCUT2D eigenvalue weighted by Gasteiger charge is 2.27. The lowest BCUT2D eigenvalue weighted by atomic mass is 10.0. The molecule has 3 nitrogen and oxygen atoms in total. The molecule has 0 saturated carbocycles. The Morgan fingerprint density at radius 2 is 1.81 bits per heavy atom. The van der Waals surface area contributed by atoms with Crippen LogP contribution in [0.2, 0.25) is 0 Å². The zero-order chi connectivity index (χ0) is 11.4. The fourth-order valence-electron chi connectivity index (χ4n) is 2.99. The van der Waals surface area contributed by atoms with Gasteiger partial charge in [-0.25, -0.2) is 0 Å². The molecule has 2 aliphatic rings. The molecule has 0 aromatic rings. The maximum atomic E-state index is 11.9. The number of rotatable bonds is 3. The zero-order valence-electron chi connectivity index (χ0n) is 10.5. The molecule has 1 amide bonds. The number of carbonyl (C=O) groups is 1. The topological polar surface area (TPSA) is 23.6 Å². The quantitative estimate of drug-likeness (QED) is 0.730. The van der Waals surface area contributed by atoms with E-state index in [1.165, 1.54) is 45.2 Å². The van der Waals surface area contributed by atoms with E-state index < -0.39 is 0 Å². The molecule has 2 rings (SSSR count). The van der Waals surface area contributed by atoms with Crippen LogP contribution in [-0.4, -0.2) is 47.9 Å². The summed E-state index contributed by atoms with van der Waals surface area (Å²) in [5.41, 5.74) is 0. The SMILES string of the molecule is CCC(=O)N1CCCCC1CN1CCCC1. The van der Waals surface area contributed by atoms with Gasteiger partial charge in [0.2, 0.25) is 5.91 Å². The lowest BCUT2D eigenvalue weighted by Crippen LogP contribution is -2.48. The maximum Gasteiger partial charge on any atom is 0.222 e. The summed E-state index contributed by atoms with van der Waals surface area (Å²) in [6, 6.07) is 0.499. The zero-order valence-corrected chi connectivity index (χ0v) is 10.5. The first-order valence-corrected chi connectivity index (χ1v) is 6.83. The number of hydrogen-bond donors (Lipinski definition) is 0. The molecule has 2 fully saturated rings. The van der Waals surface area contributed by atoms with E-state index in [0.29, 0.717) is 18.4 Å². The Labute approximate surface area is 98.8 Å². The number of nitrogens with zero attached hydrogens (tertiary/aromatic N) is 2. The Morgan fingerprint density at radius 3 is 2.50 bits per heavy atom. The molecular formula is C13H24N2O. The summed E-state index contributed by atoms with van der Waals surface area (Å²) in [4.78, 5) is 16.5. The molecule has 16 heavy (non-hydrogen) atoms. The third kappa shape index (κ3) is 2.76. The third-order valence-corrected chi connectivity index (χ3v) is 3.92. The van der Waals surface area contributed by atoms with Crippen LogP contribution in [0.3, 0.4) is 0 Å². The molecule has 0 aromatic carbocycles. The lowest BCUT2D eigenvalue weighted by Gasteiger charge is -2.37. The van der Waals surface area contributed by atoms with Crippen LogP contribution in [0, 0.1) is 0 Å². The Balaban J connectivity index is 1.90. The van der Waals surface area contributed by atoms with Crippen molar-refractivity contribution in [3.8, 4) is 0 Å². The van der Waals surface area contributed by atoms with Crippen molar-refractivity contribution < 1.29 is 4.79 Å². The van der Waals surface area contributed by atoms with E-state index in [0.717, 1.165) is 13.1 Å². The maximum absolute atomic E-state index is 11.9. The van der Waals surface area contributed by atoms with E-state index in [1.807, 2.05) is 6.92 Å². The summed E-state index contributed by atoms with van der Waals surface area (Å²) >= 11 is 0. The molecule has 2 aliphatic heterocycles. The molecule has 1 atom stereocenters. The molecule has 2 saturated heterocycles. The fraction of sp³-hybridized carbons (Fsp3) is 0.923. The second-order valence-corrected chi connectivity index (χ2v) is 5.10. The average Bonchev–Trinajstić information content (AvgIpc) is 2.82. The number of likely N-dealkylation sites (tertiary alicyclic amines) is 2. The molecule has 2 heterocycles. The first-order valence-electron chi connectivity index (χ1n) is 6.83. The number of piperidine rings is 1. The van der Waals surface area contributed by atoms with E-state index >= 15 is 0 Å². The van der Waals surface area contributed by atoms with Gasteiger partial charge in [0, 0.05) is 25.6 Å². The van der Waals surface area contributed by atoms with Gasteiger partial charge in [-0.2, -0.15) is 0 Å². The first-order chi connectivity index (χ1) is 7.81. The van der Waals surface area contributed by atoms with Crippen LogP contribution in [0.15, 0.2) is 0 Å². The van der Waals surface area contributed by atoms with Crippen molar-refractivity contribution in [3.05, 3.63) is 0 Å². The summed E-state index contributed by atoms with van der Waals surface area (Å²) < 4.78 is 0. The smallest absolute Gasteiger partial charge is 0.222 e. The molecule has 92 valence electrons. The molecule has 1 unspecified atom stereocenters. The monoisotopic (exact) mass is 224 g/mol. The Hall–Kier alpha value is -0.570. The normalized spacial score (nSPS) is 27.3. The standard InChI is InChI=1S/C13H24N2O/c1-2-13(16)15-10-4-3-7-12(15)11-14-8-5-6-9-14/h12H,2-11H2,1H3. The van der Waals surface area contributed by atoms with Crippen LogP contribution in [0.4, 0.5) is 0 Å². The average molecular weight is 224 g/mol. The van der Waals surface area contributed by atoms with E-state index in [2.05, 4.69) is 9.80 Å². The van der Waals surface area contributed by atoms with Crippen molar-refractivity contribution in [1.29, 1.82) is 0 Å². The summed E-state index contributed by atoms with van der Waals surface area (Å²) in [6.07, 6.45) is 7.05. The Bertz CT molecular complexity index is 236. The van der Waals surface area contributed by atoms with Crippen molar-refractivity contribution >= 4 is 5.91 Å². The van der Waals surface area contributed by atoms with Gasteiger partial charge < -0.3 is 9.80 Å². The fourth-order valence-corrected chi connectivity index (χ4v) is 2.99. The van der Waals surface area contributed by atoms with Crippen LogP contribution in [0.25, 0.3) is 0 Å². The predicted molar refractivity (Wildman–Crippen MR) is 65.3 cm³/mol. The minimum Gasteiger partial charge on any atom is -0.338 e. The van der Waals surface area contributed by atoms with E-state index in [9.17, 15) is 4.79 Å². The lowest BCUT2D eigenvalue weighted by molar-refractivity contribution is -0.134. The molecule has 3 heteroatoms. The molecular weight excluding hydrogens is 200 g/mol. The number of hydrogen-bond acceptors (Lipinski definition) is 2. The molecule has 0 spiro atoms. The van der Waals surface area contributed by atoms with E-state index in [1.54, 1.807) is 0 Å². The van der Waals surface area contributed by atoms with Gasteiger partial charge in [0.25, 0.3) is 0 Å². The molecule has 0 N–H and O–H groups in total. The number of amides is 1. The van der Waals surface area contributed by atoms with E-state index in [-0.39, 0.29) is 0 Å². The van der Waals surface area contributed by atoms with E-state index in [4.69, 9.17) is 0 Å². The van der Waals surface area contributed by atoms with Crippen LogP contribution in [-0.2, 0) is 4.79 Å². The van der Waals surface area contributed by atoms with Crippen LogP contribution in [0.1, 0.15) is 45.4 Å². The van der Waals surface area contributed by atoms with Crippen molar-refractivity contribution in [3.63, 3.8) is 0 Å². The summed E-state index contributed by atoms with van der Waals surface area (Å²) in [5, 5.41) is 0. The first kappa shape index (κ1) is 11.9. The Kier molecular flexibility index (Phi) is 4.22. The highest BCUT2D eigenvalue weighted by molar-refractivity contribution is 5.76. The van der Waals surface area contributed by atoms with Gasteiger partial charge in [0.05, 0.1) is 0 Å². The third-order valence-electron chi connectivity index (χ3n) is 3.92. The second kappa shape index (κ2) is 5.67. The number of carbonyl (C=O) groups excluding carboxylic acids is 1. The van der Waals surface area contributed by atoms with Crippen molar-refractivity contribution in [2.24, 2.45) is 0 Å². The van der Waals surface area contributed by atoms with Gasteiger partial charge in [0.1, 0.15) is 0 Å². The Morgan fingerprint density at radius 1 is 1.12 bits per heavy atom. The minimum atomic E-state index is 0.351. The van der Waals surface area contributed by atoms with Crippen LogP contribution < -0.4 is 0 Å². The van der Waals surface area contributed by atoms with Crippen molar-refractivity contribution in [1.82, 2.24) is 9.80 Å². The summed E-state index contributed by atoms with van der Waals surface area (Å²) in [7, 11) is 0. The second-order valence-electron chi connectivity index (χ2n) is 5.10. The highest BCUT2D eigenvalue weighted by atomic mass is 16.2. The summed E-state index contributed by atoms with van der Waals surface area (Å²) in [6.45, 7) is 6.57. The predicted octanol–water partition coefficient (Wildman–Crippen LogP) is 1.87. The molecule has 0 aliphatic carbocycles. The molecule has 0 radical (unpaired) electrons. The molecule has 0 bridgehead atoms. The van der Waals surface area contributed by atoms with Crippen LogP contribution in [0.5, 0.6) is 0 Å². The van der Waals surface area contributed by atoms with Gasteiger partial charge in [-0.15, -0.1) is 0 Å². The van der Waals surface area contributed by atoms with Crippen LogP contribution >= 0.6 is 0 Å². The van der Waals surface area contributed by atoms with Gasteiger partial charge in [-0.05, 0) is 45.2 Å². The van der Waals surface area contributed by atoms with Gasteiger partial charge in [0.15, 0.2) is 0 Å². The highest BCUT2D eigenvalue weighted by Crippen LogP contribution is 2.20. The van der Waals surface area contributed by atoms with Gasteiger partial charge in [-0.1, -0.05) is 6.92 Å². The van der Waals surface area contributed by atoms with Crippen molar-refractivity contribution in [2.45, 2.75) is 51.5 Å². The van der Waals surface area contributed by atoms with Gasteiger partial charge in [-0.3, -0.25) is 4.79 Å². The largest absolute Gasteiger partial charge is 0.338 e. The molecule has 0 aromatic heterocycles. The summed E-state index contributed by atoms with van der Waals surface area (Å²) in [5.74, 6) is 0.351. The minimum absolute atomic E-state index is 0.351. The van der Waals surface area contributed by atoms with Crippen molar-refractivity contribution in [2.75, 3.05) is 26.2 Å².